The summed E-state index contributed by atoms with van der Waals surface area (Å²) in [5.74, 6) is 0.859. The summed E-state index contributed by atoms with van der Waals surface area (Å²) in [6.45, 7) is 5.04. The van der Waals surface area contributed by atoms with Gasteiger partial charge in [0, 0.05) is 11.6 Å². The van der Waals surface area contributed by atoms with Crippen molar-refractivity contribution in [1.29, 1.82) is 0 Å². The lowest BCUT2D eigenvalue weighted by Gasteiger charge is -2.17. The molecule has 4 rings (SSSR count). The van der Waals surface area contributed by atoms with Crippen LogP contribution in [0, 0.1) is 5.92 Å². The largest absolute Gasteiger partial charge is 0.487 e. The number of rotatable bonds is 7. The van der Waals surface area contributed by atoms with Gasteiger partial charge in [-0.15, -0.1) is 0 Å². The molecule has 1 amide bonds. The summed E-state index contributed by atoms with van der Waals surface area (Å²) >= 11 is 26.7. The smallest absolute Gasteiger partial charge is 0.266 e. The van der Waals surface area contributed by atoms with E-state index in [0.717, 1.165) is 25.8 Å². The van der Waals surface area contributed by atoms with Gasteiger partial charge >= 0.3 is 0 Å². The van der Waals surface area contributed by atoms with Crippen LogP contribution in [0.2, 0.25) is 15.1 Å². The van der Waals surface area contributed by atoms with Gasteiger partial charge in [0.2, 0.25) is 0 Å². The number of carbonyl (C=O) groups is 1. The fourth-order valence-corrected chi connectivity index (χ4v) is 6.39. The highest BCUT2D eigenvalue weighted by molar-refractivity contribution is 9.11. The fraction of sp³-hybridized carbons (Fsp3) is 0.185. The molecule has 0 atom stereocenters. The van der Waals surface area contributed by atoms with Gasteiger partial charge in [-0.25, -0.2) is 4.99 Å². The molecule has 0 radical (unpaired) electrons. The minimum Gasteiger partial charge on any atom is -0.487 e. The highest BCUT2D eigenvalue weighted by Gasteiger charge is 2.33. The molecule has 0 bridgehead atoms. The van der Waals surface area contributed by atoms with Gasteiger partial charge in [0.05, 0.1) is 29.6 Å². The number of thioether (sulfide) groups is 1. The Morgan fingerprint density at radius 2 is 1.68 bits per heavy atom. The third-order valence-electron chi connectivity index (χ3n) is 5.17. The van der Waals surface area contributed by atoms with Gasteiger partial charge in [-0.2, -0.15) is 0 Å². The first-order chi connectivity index (χ1) is 17.6. The van der Waals surface area contributed by atoms with E-state index in [9.17, 15) is 4.79 Å². The first-order valence-corrected chi connectivity index (χ1v) is 14.8. The average Bonchev–Trinajstić information content (AvgIpc) is 3.10. The van der Waals surface area contributed by atoms with Gasteiger partial charge in [0.25, 0.3) is 5.91 Å². The normalized spacial score (nSPS) is 15.9. The quantitative estimate of drug-likeness (QED) is 0.230. The van der Waals surface area contributed by atoms with Gasteiger partial charge in [-0.3, -0.25) is 9.69 Å². The number of amides is 1. The van der Waals surface area contributed by atoms with E-state index in [1.165, 1.54) is 11.8 Å². The third-order valence-corrected chi connectivity index (χ3v) is 8.35. The number of ether oxygens (including phenoxy) is 1. The van der Waals surface area contributed by atoms with Crippen LogP contribution in [-0.4, -0.2) is 22.5 Å². The first kappa shape index (κ1) is 28.5. The second kappa shape index (κ2) is 12.6. The van der Waals surface area contributed by atoms with Crippen molar-refractivity contribution >= 4 is 101 Å². The minimum absolute atomic E-state index is 0.0707. The van der Waals surface area contributed by atoms with E-state index < -0.39 is 0 Å². The van der Waals surface area contributed by atoms with E-state index in [1.54, 1.807) is 29.2 Å². The lowest BCUT2D eigenvalue weighted by Crippen LogP contribution is -2.32. The van der Waals surface area contributed by atoms with Crippen molar-refractivity contribution in [2.75, 3.05) is 6.54 Å². The zero-order valence-corrected chi connectivity index (χ0v) is 26.0. The zero-order valence-electron chi connectivity index (χ0n) is 19.8. The molecule has 1 fully saturated rings. The molecule has 1 saturated heterocycles. The molecular formula is C27H21Br2Cl3N2O2S. The lowest BCUT2D eigenvalue weighted by atomic mass is 10.2. The van der Waals surface area contributed by atoms with Gasteiger partial charge in [0.15, 0.2) is 5.17 Å². The third kappa shape index (κ3) is 7.34. The molecule has 0 saturated carbocycles. The first-order valence-electron chi connectivity index (χ1n) is 11.2. The van der Waals surface area contributed by atoms with E-state index in [4.69, 9.17) is 44.5 Å². The molecule has 0 N–H and O–H groups in total. The molecular weight excluding hydrogens is 683 g/mol. The number of benzene rings is 3. The minimum atomic E-state index is -0.0707. The second-order valence-electron chi connectivity index (χ2n) is 8.64. The van der Waals surface area contributed by atoms with Gasteiger partial charge in [-0.05, 0) is 115 Å². The molecule has 4 nitrogen and oxygen atoms in total. The Labute approximate surface area is 252 Å². The average molecular weight is 704 g/mol. The second-order valence-corrected chi connectivity index (χ2v) is 12.6. The number of carbonyl (C=O) groups excluding carboxylic acids is 1. The molecule has 1 aliphatic heterocycles. The highest BCUT2D eigenvalue weighted by Crippen LogP contribution is 2.39. The Kier molecular flexibility index (Phi) is 9.70. The lowest BCUT2D eigenvalue weighted by molar-refractivity contribution is -0.122. The molecule has 0 aliphatic carbocycles. The van der Waals surface area contributed by atoms with Crippen LogP contribution in [0.3, 0.4) is 0 Å². The summed E-state index contributed by atoms with van der Waals surface area (Å²) in [6.07, 6.45) is 1.86. The van der Waals surface area contributed by atoms with E-state index >= 15 is 0 Å². The topological polar surface area (TPSA) is 41.9 Å². The van der Waals surface area contributed by atoms with Crippen LogP contribution < -0.4 is 4.74 Å². The van der Waals surface area contributed by atoms with Crippen molar-refractivity contribution in [2.24, 2.45) is 10.9 Å². The van der Waals surface area contributed by atoms with Crippen molar-refractivity contribution in [1.82, 2.24) is 4.90 Å². The number of halogens is 5. The van der Waals surface area contributed by atoms with Crippen LogP contribution in [-0.2, 0) is 11.4 Å². The van der Waals surface area contributed by atoms with Gasteiger partial charge in [0.1, 0.15) is 12.4 Å². The Balaban J connectivity index is 1.57. The summed E-state index contributed by atoms with van der Waals surface area (Å²) in [7, 11) is 0. The summed E-state index contributed by atoms with van der Waals surface area (Å²) in [4.78, 5) is 20.4. The van der Waals surface area contributed by atoms with E-state index in [2.05, 4.69) is 45.7 Å². The Morgan fingerprint density at radius 1 is 1.00 bits per heavy atom. The number of amidine groups is 1. The summed E-state index contributed by atoms with van der Waals surface area (Å²) in [6, 6.07) is 16.4. The van der Waals surface area contributed by atoms with Crippen LogP contribution in [0.4, 0.5) is 5.69 Å². The maximum absolute atomic E-state index is 13.3. The number of nitrogens with zero attached hydrogens (tertiary/aromatic N) is 2. The van der Waals surface area contributed by atoms with Crippen LogP contribution in [0.25, 0.3) is 6.08 Å². The van der Waals surface area contributed by atoms with E-state index in [0.29, 0.717) is 44.0 Å². The van der Waals surface area contributed by atoms with Crippen molar-refractivity contribution in [3.8, 4) is 5.75 Å². The maximum Gasteiger partial charge on any atom is 0.266 e. The Hall–Kier alpha value is -1.48. The fourth-order valence-electron chi connectivity index (χ4n) is 3.48. The number of hydrogen-bond acceptors (Lipinski definition) is 4. The van der Waals surface area contributed by atoms with Crippen LogP contribution in [0.5, 0.6) is 5.75 Å². The molecule has 37 heavy (non-hydrogen) atoms. The predicted octanol–water partition coefficient (Wildman–Crippen LogP) is 10.0. The summed E-state index contributed by atoms with van der Waals surface area (Å²) < 4.78 is 7.52. The van der Waals surface area contributed by atoms with E-state index in [-0.39, 0.29) is 11.8 Å². The van der Waals surface area contributed by atoms with Crippen molar-refractivity contribution in [3.05, 3.63) is 94.6 Å². The van der Waals surface area contributed by atoms with Crippen molar-refractivity contribution in [2.45, 2.75) is 20.5 Å². The zero-order chi connectivity index (χ0) is 26.7. The molecule has 192 valence electrons. The molecule has 0 spiro atoms. The monoisotopic (exact) mass is 700 g/mol. The molecule has 0 unspecified atom stereocenters. The summed E-state index contributed by atoms with van der Waals surface area (Å²) in [5, 5.41) is 2.26. The Bertz CT molecular complexity index is 1370. The summed E-state index contributed by atoms with van der Waals surface area (Å²) in [5.41, 5.74) is 2.47. The van der Waals surface area contributed by atoms with Crippen molar-refractivity contribution in [3.63, 3.8) is 0 Å². The molecule has 1 heterocycles. The molecule has 3 aromatic carbocycles. The number of aliphatic imine (C=N–C) groups is 1. The van der Waals surface area contributed by atoms with Crippen LogP contribution in [0.15, 0.2) is 73.4 Å². The Morgan fingerprint density at radius 3 is 2.30 bits per heavy atom. The van der Waals surface area contributed by atoms with Crippen LogP contribution in [0.1, 0.15) is 25.0 Å². The van der Waals surface area contributed by atoms with Crippen molar-refractivity contribution < 1.29 is 9.53 Å². The maximum atomic E-state index is 13.3. The standard InChI is InChI=1S/C27H21Br2Cl3N2O2S/c1-15(2)13-34-26(35)24(37-27(34)33-19-6-4-18(30)5-7-19)12-17-9-20(28)25(21(29)10-17)36-14-16-3-8-22(31)23(32)11-16/h3-12,15H,13-14H2,1-2H3/b24-12-,33-27?. The SMILES string of the molecule is CC(C)CN1C(=O)/C(=C/c2cc(Br)c(OCc3ccc(Cl)c(Cl)c3)c(Br)c2)SC1=Nc1ccc(Cl)cc1. The highest BCUT2D eigenvalue weighted by atomic mass is 79.9. The molecule has 3 aromatic rings. The van der Waals surface area contributed by atoms with Gasteiger partial charge in [-0.1, -0.05) is 54.7 Å². The molecule has 0 aromatic heterocycles. The number of hydrogen-bond donors (Lipinski definition) is 0. The van der Waals surface area contributed by atoms with Gasteiger partial charge < -0.3 is 4.74 Å². The van der Waals surface area contributed by atoms with E-state index in [1.807, 2.05) is 36.4 Å². The molecule has 1 aliphatic rings. The van der Waals surface area contributed by atoms with Crippen LogP contribution >= 0.6 is 78.4 Å². The predicted molar refractivity (Wildman–Crippen MR) is 163 cm³/mol. The molecule has 10 heteroatoms.